The molecule has 0 unspecified atom stereocenters. The molecule has 22 heavy (non-hydrogen) atoms. The number of aliphatic imine (C=N–C) groups is 1. The third kappa shape index (κ3) is 12.5. The van der Waals surface area contributed by atoms with Crippen LogP contribution in [0, 0.1) is 5.92 Å². The highest BCUT2D eigenvalue weighted by Crippen LogP contribution is 2.06. The van der Waals surface area contributed by atoms with Crippen LogP contribution in [0.5, 0.6) is 0 Å². The van der Waals surface area contributed by atoms with E-state index in [2.05, 4.69) is 34.2 Å². The first-order chi connectivity index (χ1) is 9.99. The Morgan fingerprint density at radius 1 is 1.05 bits per heavy atom. The molecule has 0 spiro atoms. The summed E-state index contributed by atoms with van der Waals surface area (Å²) in [5, 5.41) is 6.44. The number of nitrogens with one attached hydrogen (secondary N) is 3. The van der Waals surface area contributed by atoms with Crippen molar-refractivity contribution in [2.75, 3.05) is 31.9 Å². The van der Waals surface area contributed by atoms with Crippen LogP contribution < -0.4 is 15.4 Å². The predicted octanol–water partition coefficient (Wildman–Crippen LogP) is 1.93. The van der Waals surface area contributed by atoms with Crippen LogP contribution in [0.3, 0.4) is 0 Å². The summed E-state index contributed by atoms with van der Waals surface area (Å²) in [5.41, 5.74) is 0. The Morgan fingerprint density at radius 2 is 1.68 bits per heavy atom. The van der Waals surface area contributed by atoms with E-state index in [1.165, 1.54) is 0 Å². The van der Waals surface area contributed by atoms with Crippen LogP contribution in [-0.4, -0.2) is 46.3 Å². The van der Waals surface area contributed by atoms with Gasteiger partial charge in [0.25, 0.3) is 0 Å². The molecule has 0 bridgehead atoms. The molecule has 0 aromatic heterocycles. The Kier molecular flexibility index (Phi) is 15.9. The molecule has 0 aromatic rings. The van der Waals surface area contributed by atoms with E-state index in [0.29, 0.717) is 19.0 Å². The minimum atomic E-state index is -3.08. The van der Waals surface area contributed by atoms with Gasteiger partial charge >= 0.3 is 0 Å². The highest BCUT2D eigenvalue weighted by molar-refractivity contribution is 14.0. The van der Waals surface area contributed by atoms with Crippen LogP contribution >= 0.6 is 24.0 Å². The molecule has 3 N–H and O–H groups in total. The Bertz CT molecular complexity index is 384. The van der Waals surface area contributed by atoms with Gasteiger partial charge in [-0.3, -0.25) is 4.99 Å². The highest BCUT2D eigenvalue weighted by atomic mass is 127. The Morgan fingerprint density at radius 3 is 2.18 bits per heavy atom. The summed E-state index contributed by atoms with van der Waals surface area (Å²) in [7, 11) is -3.08. The fourth-order valence-corrected chi connectivity index (χ4v) is 2.39. The number of hydrogen-bond donors (Lipinski definition) is 3. The van der Waals surface area contributed by atoms with Crippen LogP contribution in [0.4, 0.5) is 0 Å². The standard InChI is InChI=1S/C14H32N4O2S.HI/c1-5-13(6-2)12-17-14(15-7-3)16-10-9-11-18-21(19,20)8-4;/h13,18H,5-12H2,1-4H3,(H2,15,16,17);1H. The summed E-state index contributed by atoms with van der Waals surface area (Å²) >= 11 is 0. The number of halogens is 1. The smallest absolute Gasteiger partial charge is 0.211 e. The molecule has 0 aliphatic heterocycles. The molecule has 0 heterocycles. The lowest BCUT2D eigenvalue weighted by Crippen LogP contribution is -2.39. The van der Waals surface area contributed by atoms with Gasteiger partial charge in [-0.1, -0.05) is 26.7 Å². The third-order valence-corrected chi connectivity index (χ3v) is 4.76. The molecule has 0 aliphatic rings. The monoisotopic (exact) mass is 448 g/mol. The molecule has 8 heteroatoms. The SMILES string of the molecule is CCNC(=NCC(CC)CC)NCCCNS(=O)(=O)CC.I. The first kappa shape index (κ1) is 24.2. The van der Waals surface area contributed by atoms with Crippen LogP contribution in [0.1, 0.15) is 47.0 Å². The van der Waals surface area contributed by atoms with E-state index in [4.69, 9.17) is 0 Å². The van der Waals surface area contributed by atoms with Crippen molar-refractivity contribution in [2.45, 2.75) is 47.0 Å². The molecule has 0 saturated heterocycles. The van der Waals surface area contributed by atoms with Crippen molar-refractivity contribution in [3.63, 3.8) is 0 Å². The third-order valence-electron chi connectivity index (χ3n) is 3.35. The number of rotatable bonds is 11. The van der Waals surface area contributed by atoms with Gasteiger partial charge < -0.3 is 10.6 Å². The lowest BCUT2D eigenvalue weighted by molar-refractivity contribution is 0.504. The quantitative estimate of drug-likeness (QED) is 0.195. The molecule has 0 radical (unpaired) electrons. The Labute approximate surface area is 153 Å². The van der Waals surface area contributed by atoms with Crippen molar-refractivity contribution >= 4 is 40.0 Å². The summed E-state index contributed by atoms with van der Waals surface area (Å²) in [5.74, 6) is 1.56. The zero-order valence-electron chi connectivity index (χ0n) is 14.3. The molecule has 0 saturated carbocycles. The van der Waals surface area contributed by atoms with E-state index in [1.54, 1.807) is 6.92 Å². The van der Waals surface area contributed by atoms with Gasteiger partial charge in [0, 0.05) is 26.2 Å². The maximum absolute atomic E-state index is 11.3. The predicted molar refractivity (Wildman–Crippen MR) is 106 cm³/mol. The van der Waals surface area contributed by atoms with E-state index < -0.39 is 10.0 Å². The normalized spacial score (nSPS) is 12.1. The molecule has 6 nitrogen and oxygen atoms in total. The van der Waals surface area contributed by atoms with Gasteiger partial charge in [-0.2, -0.15) is 0 Å². The van der Waals surface area contributed by atoms with Crippen molar-refractivity contribution < 1.29 is 8.42 Å². The van der Waals surface area contributed by atoms with Crippen LogP contribution in [0.2, 0.25) is 0 Å². The number of sulfonamides is 1. The topological polar surface area (TPSA) is 82.6 Å². The second kappa shape index (κ2) is 14.5. The molecule has 0 atom stereocenters. The second-order valence-electron chi connectivity index (χ2n) is 4.98. The maximum atomic E-state index is 11.3. The van der Waals surface area contributed by atoms with Crippen LogP contribution in [0.15, 0.2) is 4.99 Å². The molecule has 0 amide bonds. The van der Waals surface area contributed by atoms with Gasteiger partial charge in [-0.05, 0) is 26.2 Å². The maximum Gasteiger partial charge on any atom is 0.211 e. The molecule has 0 aromatic carbocycles. The number of nitrogens with zero attached hydrogens (tertiary/aromatic N) is 1. The highest BCUT2D eigenvalue weighted by Gasteiger charge is 2.05. The largest absolute Gasteiger partial charge is 0.357 e. The molecule has 134 valence electrons. The number of hydrogen-bond acceptors (Lipinski definition) is 3. The summed E-state index contributed by atoms with van der Waals surface area (Å²) in [6.07, 6.45) is 3.00. The molecule has 0 rings (SSSR count). The summed E-state index contributed by atoms with van der Waals surface area (Å²) < 4.78 is 25.1. The van der Waals surface area contributed by atoms with Crippen molar-refractivity contribution in [2.24, 2.45) is 10.9 Å². The fraction of sp³-hybridized carbons (Fsp3) is 0.929. The molecule has 0 aliphatic carbocycles. The fourth-order valence-electron chi connectivity index (χ4n) is 1.73. The summed E-state index contributed by atoms with van der Waals surface area (Å²) in [6.45, 7) is 10.8. The minimum absolute atomic E-state index is 0. The molecule has 0 fully saturated rings. The average Bonchev–Trinajstić information content (AvgIpc) is 2.47. The van der Waals surface area contributed by atoms with Gasteiger partial charge in [0.2, 0.25) is 10.0 Å². The van der Waals surface area contributed by atoms with Gasteiger partial charge in [0.1, 0.15) is 0 Å². The second-order valence-corrected chi connectivity index (χ2v) is 7.08. The van der Waals surface area contributed by atoms with Crippen molar-refractivity contribution in [3.8, 4) is 0 Å². The summed E-state index contributed by atoms with van der Waals surface area (Å²) in [6, 6.07) is 0. The zero-order valence-corrected chi connectivity index (χ0v) is 17.5. The van der Waals surface area contributed by atoms with Gasteiger partial charge in [-0.25, -0.2) is 13.1 Å². The van der Waals surface area contributed by atoms with Gasteiger partial charge in [-0.15, -0.1) is 24.0 Å². The zero-order chi connectivity index (χ0) is 16.1. The molecular formula is C14H33IN4O2S. The van der Waals surface area contributed by atoms with Crippen LogP contribution in [-0.2, 0) is 10.0 Å². The minimum Gasteiger partial charge on any atom is -0.357 e. The van der Waals surface area contributed by atoms with Crippen LogP contribution in [0.25, 0.3) is 0 Å². The van der Waals surface area contributed by atoms with Crippen molar-refractivity contribution in [3.05, 3.63) is 0 Å². The summed E-state index contributed by atoms with van der Waals surface area (Å²) in [4.78, 5) is 4.57. The Hall–Kier alpha value is -0.0900. The van der Waals surface area contributed by atoms with Crippen molar-refractivity contribution in [1.82, 2.24) is 15.4 Å². The van der Waals surface area contributed by atoms with Gasteiger partial charge in [0.15, 0.2) is 5.96 Å². The lowest BCUT2D eigenvalue weighted by atomic mass is 10.0. The van der Waals surface area contributed by atoms with E-state index in [0.717, 1.165) is 38.3 Å². The average molecular weight is 448 g/mol. The lowest BCUT2D eigenvalue weighted by Gasteiger charge is -2.14. The van der Waals surface area contributed by atoms with E-state index in [9.17, 15) is 8.42 Å². The van der Waals surface area contributed by atoms with E-state index in [-0.39, 0.29) is 29.7 Å². The van der Waals surface area contributed by atoms with E-state index in [1.807, 2.05) is 6.92 Å². The Balaban J connectivity index is 0. The van der Waals surface area contributed by atoms with E-state index >= 15 is 0 Å². The van der Waals surface area contributed by atoms with Crippen molar-refractivity contribution in [1.29, 1.82) is 0 Å². The first-order valence-corrected chi connectivity index (χ1v) is 9.63. The number of guanidine groups is 1. The first-order valence-electron chi connectivity index (χ1n) is 7.98. The van der Waals surface area contributed by atoms with Gasteiger partial charge in [0.05, 0.1) is 5.75 Å². The molecular weight excluding hydrogens is 415 g/mol.